The van der Waals surface area contributed by atoms with Gasteiger partial charge in [0.05, 0.1) is 5.41 Å². The molecule has 1 rings (SSSR count). The minimum absolute atomic E-state index is 0.307. The normalized spacial score (nSPS) is 16.2. The maximum Gasteiger partial charge on any atom is 0.309 e. The molecule has 3 atom stereocenters. The van der Waals surface area contributed by atoms with Crippen molar-refractivity contribution < 1.29 is 19.8 Å². The van der Waals surface area contributed by atoms with Crippen molar-refractivity contribution in [1.82, 2.24) is 10.2 Å². The fraction of sp³-hybridized carbons (Fsp3) is 0.960. The maximum absolute atomic E-state index is 13.6. The average molecular weight is 791 g/mol. The molecule has 0 aliphatic carbocycles. The predicted molar refractivity (Wildman–Crippen MR) is 242 cm³/mol. The molecule has 6 heteroatoms. The van der Waals surface area contributed by atoms with Crippen LogP contribution in [0.2, 0.25) is 0 Å². The summed E-state index contributed by atoms with van der Waals surface area (Å²) < 4.78 is 0. The Morgan fingerprint density at radius 2 is 0.964 bits per heavy atom. The van der Waals surface area contributed by atoms with Gasteiger partial charge in [-0.15, -0.1) is 0 Å². The van der Waals surface area contributed by atoms with E-state index >= 15 is 0 Å². The monoisotopic (exact) mass is 791 g/mol. The average Bonchev–Trinajstić information content (AvgIpc) is 3.71. The van der Waals surface area contributed by atoms with E-state index in [0.717, 1.165) is 57.9 Å². The summed E-state index contributed by atoms with van der Waals surface area (Å²) in [6.45, 7) is 14.0. The molecule has 1 aliphatic rings. The van der Waals surface area contributed by atoms with Gasteiger partial charge in [-0.1, -0.05) is 195 Å². The highest BCUT2D eigenvalue weighted by Crippen LogP contribution is 2.44. The van der Waals surface area contributed by atoms with E-state index in [2.05, 4.69) is 37.9 Å². The summed E-state index contributed by atoms with van der Waals surface area (Å²) in [5, 5.41) is 24.0. The Kier molecular flexibility index (Phi) is 34.8. The predicted octanol–water partition coefficient (Wildman–Crippen LogP) is 14.8. The fourth-order valence-corrected chi connectivity index (χ4v) is 9.80. The van der Waals surface area contributed by atoms with Gasteiger partial charge in [0.2, 0.25) is 0 Å². The van der Waals surface area contributed by atoms with Crippen molar-refractivity contribution in [3.63, 3.8) is 0 Å². The van der Waals surface area contributed by atoms with Gasteiger partial charge in [-0.25, -0.2) is 0 Å². The molecule has 1 aliphatic heterocycles. The number of carbonyl (C=O) groups is 2. The molecule has 0 aromatic carbocycles. The molecule has 6 nitrogen and oxygen atoms in total. The molecule has 1 fully saturated rings. The van der Waals surface area contributed by atoms with Crippen LogP contribution >= 0.6 is 0 Å². The molecular weight excluding hydrogens is 693 g/mol. The molecule has 1 saturated heterocycles. The summed E-state index contributed by atoms with van der Waals surface area (Å²) in [7, 11) is 0. The molecule has 56 heavy (non-hydrogen) atoms. The van der Waals surface area contributed by atoms with Crippen LogP contribution in [0.3, 0.4) is 0 Å². The molecule has 0 saturated carbocycles. The van der Waals surface area contributed by atoms with Crippen molar-refractivity contribution in [2.45, 2.75) is 265 Å². The third kappa shape index (κ3) is 28.3. The number of hydrogen-bond donors (Lipinski definition) is 3. The lowest BCUT2D eigenvalue weighted by atomic mass is 9.67. The Bertz CT molecular complexity index is 864. The molecule has 1 heterocycles. The van der Waals surface area contributed by atoms with Gasteiger partial charge in [0.15, 0.2) is 0 Å². The zero-order valence-electron chi connectivity index (χ0n) is 38.2. The molecule has 0 amide bonds. The largest absolute Gasteiger partial charge is 0.481 e. The van der Waals surface area contributed by atoms with Crippen molar-refractivity contribution in [2.24, 2.45) is 17.3 Å². The number of likely N-dealkylation sites (tertiary alicyclic amines) is 1. The van der Waals surface area contributed by atoms with E-state index in [1.807, 2.05) is 0 Å². The Morgan fingerprint density at radius 3 is 1.45 bits per heavy atom. The lowest BCUT2D eigenvalue weighted by molar-refractivity contribution is -0.152. The minimum atomic E-state index is -0.670. The maximum atomic E-state index is 13.6. The second kappa shape index (κ2) is 36.9. The van der Waals surface area contributed by atoms with Crippen LogP contribution in [0.5, 0.6) is 0 Å². The van der Waals surface area contributed by atoms with E-state index in [1.54, 1.807) is 0 Å². The smallest absolute Gasteiger partial charge is 0.309 e. The zero-order valence-corrected chi connectivity index (χ0v) is 38.2. The molecule has 3 unspecified atom stereocenters. The number of carboxylic acid groups (broad SMARTS) is 2. The SMILES string of the molecule is CCCCCCC(CCCC)CC(CCCCCCCC(CCCCCCCCC(=O)O)NCCCN1CCCC1)(CC(CCCC)CCCCCC)C(=O)O. The Hall–Kier alpha value is -1.14. The standard InChI is InChI=1S/C50H98N2O4/c1-5-9-13-22-33-45(31-11-7-3)43-50(49(55)56,44-46(32-12-8-4)34-23-14-10-6-2)38-27-21-17-19-25-36-47(51-39-30-42-52-40-28-29-41-52)35-24-18-15-16-20-26-37-48(53)54/h45-47,51H,5-44H2,1-4H3,(H,53,54)(H,55,56). The second-order valence-corrected chi connectivity index (χ2v) is 18.6. The number of unbranched alkanes of at least 4 members (excludes halogenated alkanes) is 17. The summed E-state index contributed by atoms with van der Waals surface area (Å²) in [5.41, 5.74) is -0.563. The molecule has 0 bridgehead atoms. The van der Waals surface area contributed by atoms with Crippen LogP contribution in [-0.4, -0.2) is 59.3 Å². The van der Waals surface area contributed by atoms with Gasteiger partial charge in [0.1, 0.15) is 0 Å². The van der Waals surface area contributed by atoms with Gasteiger partial charge in [-0.2, -0.15) is 0 Å². The Morgan fingerprint density at radius 1 is 0.536 bits per heavy atom. The van der Waals surface area contributed by atoms with Crippen LogP contribution in [-0.2, 0) is 9.59 Å². The molecule has 0 spiro atoms. The number of nitrogens with one attached hydrogen (secondary N) is 1. The van der Waals surface area contributed by atoms with Crippen LogP contribution in [0.15, 0.2) is 0 Å². The third-order valence-electron chi connectivity index (χ3n) is 13.4. The number of carboxylic acids is 2. The number of rotatable bonds is 43. The van der Waals surface area contributed by atoms with Gasteiger partial charge in [-0.3, -0.25) is 9.59 Å². The number of nitrogens with zero attached hydrogens (tertiary/aromatic N) is 1. The van der Waals surface area contributed by atoms with E-state index in [4.69, 9.17) is 5.11 Å². The highest BCUT2D eigenvalue weighted by Gasteiger charge is 2.41. The van der Waals surface area contributed by atoms with E-state index in [-0.39, 0.29) is 0 Å². The molecule has 0 aromatic heterocycles. The van der Waals surface area contributed by atoms with Gasteiger partial charge < -0.3 is 20.4 Å². The van der Waals surface area contributed by atoms with Gasteiger partial charge in [-0.05, 0) is 95.8 Å². The van der Waals surface area contributed by atoms with Crippen molar-refractivity contribution in [3.05, 3.63) is 0 Å². The first-order valence-electron chi connectivity index (χ1n) is 25.2. The molecular formula is C50H98N2O4. The third-order valence-corrected chi connectivity index (χ3v) is 13.4. The van der Waals surface area contributed by atoms with Crippen LogP contribution in [0, 0.1) is 17.3 Å². The van der Waals surface area contributed by atoms with Crippen molar-refractivity contribution in [1.29, 1.82) is 0 Å². The fourth-order valence-electron chi connectivity index (χ4n) is 9.80. The molecule has 3 N–H and O–H groups in total. The minimum Gasteiger partial charge on any atom is -0.481 e. The first-order chi connectivity index (χ1) is 27.3. The van der Waals surface area contributed by atoms with E-state index in [9.17, 15) is 14.7 Å². The zero-order chi connectivity index (χ0) is 41.0. The first kappa shape index (κ1) is 52.9. The van der Waals surface area contributed by atoms with Crippen LogP contribution in [0.1, 0.15) is 259 Å². The topological polar surface area (TPSA) is 89.9 Å². The number of hydrogen-bond acceptors (Lipinski definition) is 4. The van der Waals surface area contributed by atoms with Crippen LogP contribution in [0.4, 0.5) is 0 Å². The number of aliphatic carboxylic acids is 2. The van der Waals surface area contributed by atoms with E-state index in [1.165, 1.54) is 193 Å². The lowest BCUT2D eigenvalue weighted by Gasteiger charge is -2.37. The lowest BCUT2D eigenvalue weighted by Crippen LogP contribution is -2.36. The summed E-state index contributed by atoms with van der Waals surface area (Å²) in [6, 6.07) is 0.593. The van der Waals surface area contributed by atoms with Gasteiger partial charge >= 0.3 is 11.9 Å². The first-order valence-corrected chi connectivity index (χ1v) is 25.2. The van der Waals surface area contributed by atoms with E-state index < -0.39 is 17.4 Å². The molecule has 0 aromatic rings. The highest BCUT2D eigenvalue weighted by molar-refractivity contribution is 5.74. The van der Waals surface area contributed by atoms with Gasteiger partial charge in [0.25, 0.3) is 0 Å². The summed E-state index contributed by atoms with van der Waals surface area (Å²) in [5.74, 6) is -0.0597. The van der Waals surface area contributed by atoms with Gasteiger partial charge in [0, 0.05) is 12.5 Å². The van der Waals surface area contributed by atoms with Crippen molar-refractivity contribution in [2.75, 3.05) is 26.2 Å². The van der Waals surface area contributed by atoms with Crippen LogP contribution in [0.25, 0.3) is 0 Å². The molecule has 332 valence electrons. The second-order valence-electron chi connectivity index (χ2n) is 18.6. The molecule has 0 radical (unpaired) electrons. The van der Waals surface area contributed by atoms with Crippen LogP contribution < -0.4 is 5.32 Å². The Labute approximate surface area is 349 Å². The van der Waals surface area contributed by atoms with E-state index in [0.29, 0.717) is 24.3 Å². The van der Waals surface area contributed by atoms with Crippen molar-refractivity contribution in [3.8, 4) is 0 Å². The van der Waals surface area contributed by atoms with Crippen molar-refractivity contribution >= 4 is 11.9 Å². The Balaban J connectivity index is 2.80. The summed E-state index contributed by atoms with van der Waals surface area (Å²) >= 11 is 0. The summed E-state index contributed by atoms with van der Waals surface area (Å²) in [6.07, 6.45) is 42.0. The summed E-state index contributed by atoms with van der Waals surface area (Å²) in [4.78, 5) is 27.0. The quantitative estimate of drug-likeness (QED) is 0.0533. The highest BCUT2D eigenvalue weighted by atomic mass is 16.4.